The predicted octanol–water partition coefficient (Wildman–Crippen LogP) is 4.25. The summed E-state index contributed by atoms with van der Waals surface area (Å²) in [6.45, 7) is 5.93. The minimum Gasteiger partial charge on any atom is -0.382 e. The number of nitrogens with one attached hydrogen (secondary N) is 1. The Morgan fingerprint density at radius 1 is 1.19 bits per heavy atom. The highest BCUT2D eigenvalue weighted by molar-refractivity contribution is 7.99. The van der Waals surface area contributed by atoms with Crippen LogP contribution < -0.4 is 11.1 Å². The number of hydrogen-bond acceptors (Lipinski definition) is 6. The van der Waals surface area contributed by atoms with E-state index in [0.29, 0.717) is 27.4 Å². The summed E-state index contributed by atoms with van der Waals surface area (Å²) in [5.74, 6) is 0.375. The first-order chi connectivity index (χ1) is 12.4. The van der Waals surface area contributed by atoms with Crippen LogP contribution >= 0.6 is 35.0 Å². The number of nitrogen functional groups attached to an aromatic ring is 1. The maximum absolute atomic E-state index is 6.12. The summed E-state index contributed by atoms with van der Waals surface area (Å²) < 4.78 is 2.06. The van der Waals surface area contributed by atoms with Crippen molar-refractivity contribution in [3.05, 3.63) is 34.6 Å². The molecule has 0 unspecified atom stereocenters. The van der Waals surface area contributed by atoms with E-state index in [1.54, 1.807) is 6.07 Å². The molecular formula is C17H20Cl2N6S. The fourth-order valence-electron chi connectivity index (χ4n) is 2.53. The molecule has 0 bridgehead atoms. The van der Waals surface area contributed by atoms with Gasteiger partial charge in [-0.1, -0.05) is 48.8 Å². The molecule has 0 spiro atoms. The molecule has 2 heterocycles. The third kappa shape index (κ3) is 4.59. The van der Waals surface area contributed by atoms with Crippen molar-refractivity contribution in [2.45, 2.75) is 42.9 Å². The van der Waals surface area contributed by atoms with Crippen molar-refractivity contribution in [3.63, 3.8) is 0 Å². The molecule has 0 atom stereocenters. The molecule has 6 nitrogen and oxygen atoms in total. The lowest BCUT2D eigenvalue weighted by molar-refractivity contribution is 0.525. The van der Waals surface area contributed by atoms with Crippen LogP contribution in [0.1, 0.15) is 20.3 Å². The molecule has 138 valence electrons. The number of anilines is 1. The first-order valence-corrected chi connectivity index (χ1v) is 9.85. The largest absolute Gasteiger partial charge is 0.382 e. The van der Waals surface area contributed by atoms with Crippen molar-refractivity contribution >= 4 is 51.9 Å². The molecule has 0 fully saturated rings. The molecule has 0 saturated carbocycles. The number of aromatic nitrogens is 4. The molecule has 0 aliphatic rings. The number of nitrogens with zero attached hydrogens (tertiary/aromatic N) is 4. The maximum Gasteiger partial charge on any atom is 0.175 e. The molecule has 0 saturated heterocycles. The van der Waals surface area contributed by atoms with Crippen LogP contribution in [0.25, 0.3) is 11.2 Å². The molecule has 0 radical (unpaired) electrons. The lowest BCUT2D eigenvalue weighted by atomic mass is 10.3. The minimum atomic E-state index is 0.375. The standard InChI is InChI=1S/C17H20Cl2N6S/c1-10(2)21-4-3-5-25-16-14(15(20)22-9-23-16)24-17(25)26-13-7-11(18)6-12(19)8-13/h6-10,21H,3-5H2,1-2H3,(H2,20,22,23). The van der Waals surface area contributed by atoms with Crippen molar-refractivity contribution in [2.24, 2.45) is 0 Å². The summed E-state index contributed by atoms with van der Waals surface area (Å²) >= 11 is 13.7. The van der Waals surface area contributed by atoms with E-state index in [1.807, 2.05) is 12.1 Å². The Bertz CT molecular complexity index is 891. The Morgan fingerprint density at radius 2 is 1.92 bits per heavy atom. The number of aryl methyl sites for hydroxylation is 1. The van der Waals surface area contributed by atoms with E-state index < -0.39 is 0 Å². The van der Waals surface area contributed by atoms with E-state index >= 15 is 0 Å². The van der Waals surface area contributed by atoms with Gasteiger partial charge in [0, 0.05) is 27.5 Å². The van der Waals surface area contributed by atoms with Crippen LogP contribution in [0.4, 0.5) is 5.82 Å². The van der Waals surface area contributed by atoms with Gasteiger partial charge in [-0.05, 0) is 31.2 Å². The van der Waals surface area contributed by atoms with Gasteiger partial charge in [0.05, 0.1) is 0 Å². The van der Waals surface area contributed by atoms with Gasteiger partial charge >= 0.3 is 0 Å². The second-order valence-electron chi connectivity index (χ2n) is 6.15. The number of imidazole rings is 1. The van der Waals surface area contributed by atoms with E-state index in [1.165, 1.54) is 18.1 Å². The van der Waals surface area contributed by atoms with Crippen LogP contribution in [-0.2, 0) is 6.54 Å². The van der Waals surface area contributed by atoms with Crippen LogP contribution in [0.2, 0.25) is 10.0 Å². The number of benzene rings is 1. The number of halogens is 2. The Hall–Kier alpha value is -1.54. The quantitative estimate of drug-likeness (QED) is 0.566. The molecule has 2 aromatic heterocycles. The molecule has 3 aromatic rings. The fourth-order valence-corrected chi connectivity index (χ4v) is 4.20. The predicted molar refractivity (Wildman–Crippen MR) is 108 cm³/mol. The molecule has 0 amide bonds. The van der Waals surface area contributed by atoms with Crippen molar-refractivity contribution in [1.82, 2.24) is 24.8 Å². The maximum atomic E-state index is 6.12. The summed E-state index contributed by atoms with van der Waals surface area (Å²) in [4.78, 5) is 14.0. The highest BCUT2D eigenvalue weighted by Crippen LogP contribution is 2.34. The highest BCUT2D eigenvalue weighted by Gasteiger charge is 2.16. The van der Waals surface area contributed by atoms with E-state index in [2.05, 4.69) is 38.7 Å². The Labute approximate surface area is 166 Å². The van der Waals surface area contributed by atoms with Crippen LogP contribution in [-0.4, -0.2) is 32.1 Å². The topological polar surface area (TPSA) is 81.7 Å². The van der Waals surface area contributed by atoms with Crippen molar-refractivity contribution in [3.8, 4) is 0 Å². The normalized spacial score (nSPS) is 11.6. The zero-order valence-electron chi connectivity index (χ0n) is 14.5. The number of rotatable bonds is 7. The van der Waals surface area contributed by atoms with Crippen LogP contribution in [0.3, 0.4) is 0 Å². The lowest BCUT2D eigenvalue weighted by Gasteiger charge is -2.11. The van der Waals surface area contributed by atoms with E-state index in [9.17, 15) is 0 Å². The van der Waals surface area contributed by atoms with Crippen molar-refractivity contribution in [2.75, 3.05) is 12.3 Å². The van der Waals surface area contributed by atoms with Gasteiger partial charge in [0.15, 0.2) is 22.1 Å². The monoisotopic (exact) mass is 410 g/mol. The molecular weight excluding hydrogens is 391 g/mol. The van der Waals surface area contributed by atoms with Crippen molar-refractivity contribution in [1.29, 1.82) is 0 Å². The smallest absolute Gasteiger partial charge is 0.175 e. The summed E-state index contributed by atoms with van der Waals surface area (Å²) in [7, 11) is 0. The number of nitrogens with two attached hydrogens (primary N) is 1. The fraction of sp³-hybridized carbons (Fsp3) is 0.353. The molecule has 9 heteroatoms. The van der Waals surface area contributed by atoms with Gasteiger partial charge in [-0.15, -0.1) is 0 Å². The second kappa shape index (κ2) is 8.43. The average Bonchev–Trinajstić information content (AvgIpc) is 2.89. The third-order valence-corrected chi connectivity index (χ3v) is 5.08. The molecule has 3 N–H and O–H groups in total. The van der Waals surface area contributed by atoms with E-state index in [0.717, 1.165) is 35.2 Å². The SMILES string of the molecule is CC(C)NCCCn1c(Sc2cc(Cl)cc(Cl)c2)nc2c(N)ncnc21. The highest BCUT2D eigenvalue weighted by atomic mass is 35.5. The van der Waals surface area contributed by atoms with Crippen LogP contribution in [0.5, 0.6) is 0 Å². The first-order valence-electron chi connectivity index (χ1n) is 8.28. The molecule has 1 aromatic carbocycles. The van der Waals surface area contributed by atoms with E-state index in [-0.39, 0.29) is 0 Å². The van der Waals surface area contributed by atoms with E-state index in [4.69, 9.17) is 28.9 Å². The Kier molecular flexibility index (Phi) is 6.24. The third-order valence-electron chi connectivity index (χ3n) is 3.68. The summed E-state index contributed by atoms with van der Waals surface area (Å²) in [6.07, 6.45) is 2.41. The lowest BCUT2D eigenvalue weighted by Crippen LogP contribution is -2.24. The summed E-state index contributed by atoms with van der Waals surface area (Å²) in [5.41, 5.74) is 7.33. The average molecular weight is 411 g/mol. The van der Waals surface area contributed by atoms with Gasteiger partial charge in [0.2, 0.25) is 0 Å². The van der Waals surface area contributed by atoms with Gasteiger partial charge in [0.1, 0.15) is 6.33 Å². The van der Waals surface area contributed by atoms with Crippen molar-refractivity contribution < 1.29 is 0 Å². The first kappa shape index (κ1) is 19.2. The molecule has 0 aliphatic carbocycles. The van der Waals surface area contributed by atoms with Gasteiger partial charge in [-0.2, -0.15) is 0 Å². The van der Waals surface area contributed by atoms with Gasteiger partial charge in [0.25, 0.3) is 0 Å². The second-order valence-corrected chi connectivity index (χ2v) is 8.06. The summed E-state index contributed by atoms with van der Waals surface area (Å²) in [5, 5.41) is 5.38. The molecule has 0 aliphatic heterocycles. The zero-order chi connectivity index (χ0) is 18.7. The zero-order valence-corrected chi connectivity index (χ0v) is 16.9. The minimum absolute atomic E-state index is 0.375. The van der Waals surface area contributed by atoms with Gasteiger partial charge in [-0.25, -0.2) is 15.0 Å². The van der Waals surface area contributed by atoms with Crippen LogP contribution in [0.15, 0.2) is 34.6 Å². The number of fused-ring (bicyclic) bond motifs is 1. The Morgan fingerprint density at radius 3 is 2.62 bits per heavy atom. The number of hydrogen-bond donors (Lipinski definition) is 2. The van der Waals surface area contributed by atoms with Crippen LogP contribution in [0, 0.1) is 0 Å². The Balaban J connectivity index is 1.92. The summed E-state index contributed by atoms with van der Waals surface area (Å²) in [6, 6.07) is 5.88. The van der Waals surface area contributed by atoms with Gasteiger partial charge < -0.3 is 15.6 Å². The van der Waals surface area contributed by atoms with Gasteiger partial charge in [-0.3, -0.25) is 0 Å². The molecule has 26 heavy (non-hydrogen) atoms. The molecule has 3 rings (SSSR count).